The van der Waals surface area contributed by atoms with E-state index in [2.05, 4.69) is 21.7 Å². The molecular formula is C14H18N4O2S. The number of fused-ring (bicyclic) bond motifs is 1. The normalized spacial score (nSPS) is 21.8. The summed E-state index contributed by atoms with van der Waals surface area (Å²) in [6.45, 7) is 0. The molecule has 2 N–H and O–H groups in total. The fourth-order valence-electron chi connectivity index (χ4n) is 2.97. The monoisotopic (exact) mass is 306 g/mol. The quantitative estimate of drug-likeness (QED) is 0.902. The van der Waals surface area contributed by atoms with Gasteiger partial charge in [-0.3, -0.25) is 4.68 Å². The molecule has 2 atom stereocenters. The minimum absolute atomic E-state index is 0.210. The Hall–Kier alpha value is -1.76. The van der Waals surface area contributed by atoms with Gasteiger partial charge in [0.25, 0.3) is 0 Å². The zero-order valence-electron chi connectivity index (χ0n) is 12.0. The summed E-state index contributed by atoms with van der Waals surface area (Å²) < 4.78 is 1.66. The van der Waals surface area contributed by atoms with Crippen LogP contribution in [0.3, 0.4) is 0 Å². The molecule has 6 nitrogen and oxygen atoms in total. The number of nitrogens with one attached hydrogen (secondary N) is 1. The summed E-state index contributed by atoms with van der Waals surface area (Å²) in [7, 11) is 1.81. The summed E-state index contributed by atoms with van der Waals surface area (Å²) in [6.07, 6.45) is 8.61. The second-order valence-electron chi connectivity index (χ2n) is 5.31. The average molecular weight is 306 g/mol. The summed E-state index contributed by atoms with van der Waals surface area (Å²) in [5, 5.41) is 18.3. The van der Waals surface area contributed by atoms with E-state index in [1.807, 2.05) is 11.8 Å². The molecule has 2 aromatic rings. The third-order valence-corrected chi connectivity index (χ3v) is 5.25. The minimum atomic E-state index is -0.963. The zero-order valence-corrected chi connectivity index (χ0v) is 12.9. The van der Waals surface area contributed by atoms with E-state index in [0.717, 1.165) is 11.8 Å². The van der Waals surface area contributed by atoms with Gasteiger partial charge in [-0.05, 0) is 19.1 Å². The summed E-state index contributed by atoms with van der Waals surface area (Å²) in [5.74, 6) is -0.963. The zero-order chi connectivity index (χ0) is 15.0. The van der Waals surface area contributed by atoms with Crippen LogP contribution in [0.25, 0.3) is 11.0 Å². The maximum Gasteiger partial charge on any atom is 0.339 e. The van der Waals surface area contributed by atoms with Crippen molar-refractivity contribution in [2.24, 2.45) is 7.05 Å². The summed E-state index contributed by atoms with van der Waals surface area (Å²) in [6, 6.07) is 0.295. The van der Waals surface area contributed by atoms with Crippen molar-refractivity contribution in [2.45, 2.75) is 30.6 Å². The van der Waals surface area contributed by atoms with E-state index in [1.54, 1.807) is 17.9 Å². The van der Waals surface area contributed by atoms with E-state index in [9.17, 15) is 9.90 Å². The van der Waals surface area contributed by atoms with Crippen LogP contribution >= 0.6 is 11.8 Å². The van der Waals surface area contributed by atoms with Gasteiger partial charge in [0.1, 0.15) is 5.56 Å². The summed E-state index contributed by atoms with van der Waals surface area (Å²) in [4.78, 5) is 15.7. The van der Waals surface area contributed by atoms with Crippen LogP contribution in [0, 0.1) is 0 Å². The predicted molar refractivity (Wildman–Crippen MR) is 84.0 cm³/mol. The number of hydrogen-bond donors (Lipinski definition) is 2. The van der Waals surface area contributed by atoms with Crippen LogP contribution in [0.5, 0.6) is 0 Å². The van der Waals surface area contributed by atoms with Crippen molar-refractivity contribution in [1.29, 1.82) is 0 Å². The van der Waals surface area contributed by atoms with Crippen molar-refractivity contribution in [3.8, 4) is 0 Å². The van der Waals surface area contributed by atoms with E-state index in [0.29, 0.717) is 22.6 Å². The molecule has 0 aromatic carbocycles. The van der Waals surface area contributed by atoms with E-state index in [-0.39, 0.29) is 5.56 Å². The molecule has 2 heterocycles. The number of thioether (sulfide) groups is 1. The smallest absolute Gasteiger partial charge is 0.339 e. The van der Waals surface area contributed by atoms with Crippen LogP contribution in [0.4, 0.5) is 5.69 Å². The largest absolute Gasteiger partial charge is 0.478 e. The highest BCUT2D eigenvalue weighted by Crippen LogP contribution is 2.34. The van der Waals surface area contributed by atoms with Gasteiger partial charge in [-0.2, -0.15) is 16.9 Å². The Balaban J connectivity index is 2.06. The first kappa shape index (κ1) is 14.2. The highest BCUT2D eigenvalue weighted by atomic mass is 32.2. The van der Waals surface area contributed by atoms with Crippen molar-refractivity contribution in [3.05, 3.63) is 18.0 Å². The van der Waals surface area contributed by atoms with E-state index in [4.69, 9.17) is 0 Å². The second-order valence-corrected chi connectivity index (χ2v) is 6.39. The Kier molecular flexibility index (Phi) is 3.75. The van der Waals surface area contributed by atoms with Gasteiger partial charge in [0.15, 0.2) is 5.65 Å². The van der Waals surface area contributed by atoms with Gasteiger partial charge in [0, 0.05) is 24.5 Å². The molecule has 2 unspecified atom stereocenters. The van der Waals surface area contributed by atoms with Gasteiger partial charge in [-0.15, -0.1) is 0 Å². The first-order chi connectivity index (χ1) is 10.1. The Labute approximate surface area is 126 Å². The van der Waals surface area contributed by atoms with Crippen LogP contribution in [-0.4, -0.2) is 43.4 Å². The molecule has 0 spiro atoms. The Morgan fingerprint density at radius 1 is 1.48 bits per heavy atom. The number of rotatable bonds is 4. The van der Waals surface area contributed by atoms with E-state index in [1.165, 1.54) is 19.0 Å². The highest BCUT2D eigenvalue weighted by Gasteiger charge is 2.28. The maximum atomic E-state index is 11.5. The van der Waals surface area contributed by atoms with Crippen LogP contribution in [-0.2, 0) is 7.05 Å². The molecule has 3 rings (SSSR count). The van der Waals surface area contributed by atoms with Gasteiger partial charge in [0.05, 0.1) is 17.3 Å². The number of carboxylic acid groups (broad SMARTS) is 1. The molecule has 2 aromatic heterocycles. The van der Waals surface area contributed by atoms with E-state index < -0.39 is 5.97 Å². The lowest BCUT2D eigenvalue weighted by atomic mass is 10.1. The van der Waals surface area contributed by atoms with Crippen LogP contribution in [0.2, 0.25) is 0 Å². The van der Waals surface area contributed by atoms with Crippen LogP contribution in [0.15, 0.2) is 12.4 Å². The second kappa shape index (κ2) is 5.55. The molecule has 0 saturated heterocycles. The fraction of sp³-hybridized carbons (Fsp3) is 0.500. The number of hydrogen-bond acceptors (Lipinski definition) is 5. The number of aryl methyl sites for hydroxylation is 1. The molecule has 0 amide bonds. The number of anilines is 1. The van der Waals surface area contributed by atoms with E-state index >= 15 is 0 Å². The molecular weight excluding hydrogens is 288 g/mol. The highest BCUT2D eigenvalue weighted by molar-refractivity contribution is 7.99. The lowest BCUT2D eigenvalue weighted by molar-refractivity contribution is 0.0697. The minimum Gasteiger partial charge on any atom is -0.478 e. The molecule has 21 heavy (non-hydrogen) atoms. The third-order valence-electron chi connectivity index (χ3n) is 4.08. The lowest BCUT2D eigenvalue weighted by Gasteiger charge is -2.21. The van der Waals surface area contributed by atoms with Crippen molar-refractivity contribution >= 4 is 34.5 Å². The van der Waals surface area contributed by atoms with Crippen molar-refractivity contribution < 1.29 is 9.90 Å². The Bertz CT molecular complexity index is 685. The number of pyridine rings is 1. The molecule has 0 radical (unpaired) electrons. The molecule has 1 saturated carbocycles. The first-order valence-electron chi connectivity index (χ1n) is 6.95. The van der Waals surface area contributed by atoms with Crippen LogP contribution in [0.1, 0.15) is 29.6 Å². The standard InChI is InChI=1S/C14H18N4O2S/c1-18-13-8(7-16-18)12(9(6-15-13)14(19)20)17-10-4-3-5-11(10)21-2/h6-7,10-11H,3-5H2,1-2H3,(H,15,17)(H,19,20). The lowest BCUT2D eigenvalue weighted by Crippen LogP contribution is -2.27. The topological polar surface area (TPSA) is 80.0 Å². The molecule has 112 valence electrons. The molecule has 1 aliphatic rings. The molecule has 1 aliphatic carbocycles. The Morgan fingerprint density at radius 3 is 3.00 bits per heavy atom. The molecule has 0 aliphatic heterocycles. The summed E-state index contributed by atoms with van der Waals surface area (Å²) >= 11 is 1.84. The molecule has 1 fully saturated rings. The summed E-state index contributed by atoms with van der Waals surface area (Å²) in [5.41, 5.74) is 1.55. The third kappa shape index (κ3) is 2.46. The maximum absolute atomic E-state index is 11.5. The number of carbonyl (C=O) groups is 1. The van der Waals surface area contributed by atoms with Gasteiger partial charge >= 0.3 is 5.97 Å². The van der Waals surface area contributed by atoms with Crippen LogP contribution < -0.4 is 5.32 Å². The number of carboxylic acids is 1. The van der Waals surface area contributed by atoms with Gasteiger partial charge in [0.2, 0.25) is 0 Å². The fourth-order valence-corrected chi connectivity index (χ4v) is 3.91. The van der Waals surface area contributed by atoms with Crippen molar-refractivity contribution in [1.82, 2.24) is 14.8 Å². The van der Waals surface area contributed by atoms with Crippen molar-refractivity contribution in [3.63, 3.8) is 0 Å². The van der Waals surface area contributed by atoms with Crippen molar-refractivity contribution in [2.75, 3.05) is 11.6 Å². The number of aromatic nitrogens is 3. The average Bonchev–Trinajstić information content (AvgIpc) is 3.06. The molecule has 7 heteroatoms. The van der Waals surface area contributed by atoms with Gasteiger partial charge in [-0.25, -0.2) is 9.78 Å². The Morgan fingerprint density at radius 2 is 2.29 bits per heavy atom. The molecule has 0 bridgehead atoms. The van der Waals surface area contributed by atoms with Gasteiger partial charge < -0.3 is 10.4 Å². The number of aromatic carboxylic acids is 1. The van der Waals surface area contributed by atoms with Gasteiger partial charge in [-0.1, -0.05) is 6.42 Å². The number of nitrogens with zero attached hydrogens (tertiary/aromatic N) is 3. The first-order valence-corrected chi connectivity index (χ1v) is 8.24. The SMILES string of the molecule is CSC1CCCC1Nc1c(C(=O)O)cnc2c1cnn2C. The predicted octanol–water partition coefficient (Wildman–Crippen LogP) is 2.36.